The Balaban J connectivity index is 1.50. The van der Waals surface area contributed by atoms with Crippen molar-refractivity contribution in [2.75, 3.05) is 13.1 Å². The van der Waals surface area contributed by atoms with Crippen LogP contribution in [0.3, 0.4) is 0 Å². The lowest BCUT2D eigenvalue weighted by atomic mass is 9.86. The van der Waals surface area contributed by atoms with E-state index in [0.717, 1.165) is 25.8 Å². The van der Waals surface area contributed by atoms with Crippen molar-refractivity contribution in [3.8, 4) is 5.88 Å². The molecule has 1 aromatic heterocycles. The Labute approximate surface area is 132 Å². The van der Waals surface area contributed by atoms with Crippen LogP contribution in [0.4, 0.5) is 0 Å². The van der Waals surface area contributed by atoms with Gasteiger partial charge in [0.05, 0.1) is 6.54 Å². The van der Waals surface area contributed by atoms with Gasteiger partial charge in [0.15, 0.2) is 0 Å². The second kappa shape index (κ2) is 7.56. The van der Waals surface area contributed by atoms with Crippen molar-refractivity contribution in [1.29, 1.82) is 0 Å². The highest BCUT2D eigenvalue weighted by Crippen LogP contribution is 2.27. The molecule has 1 saturated carbocycles. The van der Waals surface area contributed by atoms with Crippen LogP contribution in [0.25, 0.3) is 0 Å². The fraction of sp³-hybridized carbons (Fsp3) is 0.706. The Bertz CT molecular complexity index is 474. The molecule has 0 aromatic carbocycles. The Morgan fingerprint density at radius 2 is 2.09 bits per heavy atom. The lowest BCUT2D eigenvalue weighted by Gasteiger charge is -2.34. The predicted octanol–water partition coefficient (Wildman–Crippen LogP) is 2.82. The molecular formula is C17H25N3O2. The monoisotopic (exact) mass is 303 g/mol. The molecule has 1 aromatic rings. The van der Waals surface area contributed by atoms with Crippen LogP contribution in [0.5, 0.6) is 5.88 Å². The summed E-state index contributed by atoms with van der Waals surface area (Å²) in [7, 11) is 0. The van der Waals surface area contributed by atoms with Gasteiger partial charge in [-0.3, -0.25) is 4.79 Å². The SMILES string of the molecule is O=C(CC1CCCCC1)N1CCCC(Oc2ccncn2)C1. The average Bonchev–Trinajstić information content (AvgIpc) is 2.57. The molecular weight excluding hydrogens is 278 g/mol. The van der Waals surface area contributed by atoms with Crippen molar-refractivity contribution in [2.45, 2.75) is 57.5 Å². The summed E-state index contributed by atoms with van der Waals surface area (Å²) in [4.78, 5) is 22.5. The molecule has 0 bridgehead atoms. The van der Waals surface area contributed by atoms with Crippen molar-refractivity contribution >= 4 is 5.91 Å². The first kappa shape index (κ1) is 15.3. The molecule has 5 heteroatoms. The lowest BCUT2D eigenvalue weighted by Crippen LogP contribution is -2.45. The quantitative estimate of drug-likeness (QED) is 0.858. The van der Waals surface area contributed by atoms with E-state index in [2.05, 4.69) is 9.97 Å². The van der Waals surface area contributed by atoms with Gasteiger partial charge in [0, 0.05) is 25.2 Å². The van der Waals surface area contributed by atoms with E-state index in [1.807, 2.05) is 4.90 Å². The van der Waals surface area contributed by atoms with Crippen LogP contribution in [0, 0.1) is 5.92 Å². The van der Waals surface area contributed by atoms with Gasteiger partial charge in [-0.1, -0.05) is 19.3 Å². The fourth-order valence-corrected chi connectivity index (χ4v) is 3.55. The molecule has 0 N–H and O–H groups in total. The molecule has 2 heterocycles. The molecule has 1 saturated heterocycles. The number of aromatic nitrogens is 2. The summed E-state index contributed by atoms with van der Waals surface area (Å²) in [6, 6.07) is 1.77. The molecule has 22 heavy (non-hydrogen) atoms. The van der Waals surface area contributed by atoms with E-state index < -0.39 is 0 Å². The van der Waals surface area contributed by atoms with Gasteiger partial charge in [0.1, 0.15) is 12.4 Å². The Morgan fingerprint density at radius 1 is 1.23 bits per heavy atom. The number of carbonyl (C=O) groups excluding carboxylic acids is 1. The van der Waals surface area contributed by atoms with Crippen LogP contribution in [0.15, 0.2) is 18.6 Å². The molecule has 120 valence electrons. The molecule has 3 rings (SSSR count). The van der Waals surface area contributed by atoms with Crippen LogP contribution in [0.2, 0.25) is 0 Å². The zero-order chi connectivity index (χ0) is 15.2. The topological polar surface area (TPSA) is 55.3 Å². The molecule has 1 aliphatic heterocycles. The number of amides is 1. The minimum atomic E-state index is 0.0546. The summed E-state index contributed by atoms with van der Waals surface area (Å²) >= 11 is 0. The second-order valence-corrected chi connectivity index (χ2v) is 6.48. The van der Waals surface area contributed by atoms with E-state index in [9.17, 15) is 4.79 Å². The number of likely N-dealkylation sites (tertiary alicyclic amines) is 1. The lowest BCUT2D eigenvalue weighted by molar-refractivity contribution is -0.135. The Hall–Kier alpha value is -1.65. The second-order valence-electron chi connectivity index (χ2n) is 6.48. The van der Waals surface area contributed by atoms with Crippen molar-refractivity contribution in [1.82, 2.24) is 14.9 Å². The predicted molar refractivity (Wildman–Crippen MR) is 83.5 cm³/mol. The highest BCUT2D eigenvalue weighted by atomic mass is 16.5. The highest BCUT2D eigenvalue weighted by molar-refractivity contribution is 5.76. The molecule has 1 aliphatic carbocycles. The van der Waals surface area contributed by atoms with Crippen molar-refractivity contribution in [3.05, 3.63) is 18.6 Å². The van der Waals surface area contributed by atoms with Gasteiger partial charge in [0.25, 0.3) is 0 Å². The van der Waals surface area contributed by atoms with E-state index in [4.69, 9.17) is 4.74 Å². The summed E-state index contributed by atoms with van der Waals surface area (Å²) in [5.74, 6) is 1.51. The molecule has 1 atom stereocenters. The van der Waals surface area contributed by atoms with Crippen LogP contribution < -0.4 is 4.74 Å². The van der Waals surface area contributed by atoms with Gasteiger partial charge in [-0.25, -0.2) is 9.97 Å². The number of rotatable bonds is 4. The molecule has 1 unspecified atom stereocenters. The molecule has 0 radical (unpaired) electrons. The maximum absolute atomic E-state index is 12.5. The fourth-order valence-electron chi connectivity index (χ4n) is 3.55. The van der Waals surface area contributed by atoms with Crippen LogP contribution in [-0.2, 0) is 4.79 Å². The van der Waals surface area contributed by atoms with Gasteiger partial charge < -0.3 is 9.64 Å². The molecule has 0 spiro atoms. The first-order valence-electron chi connectivity index (χ1n) is 8.52. The van der Waals surface area contributed by atoms with Crippen molar-refractivity contribution in [2.24, 2.45) is 5.92 Å². The summed E-state index contributed by atoms with van der Waals surface area (Å²) in [6.07, 6.45) is 12.3. The first-order valence-corrected chi connectivity index (χ1v) is 8.52. The van der Waals surface area contributed by atoms with E-state index in [1.54, 1.807) is 12.3 Å². The first-order chi connectivity index (χ1) is 10.8. The molecule has 1 amide bonds. The van der Waals surface area contributed by atoms with Gasteiger partial charge in [-0.2, -0.15) is 0 Å². The van der Waals surface area contributed by atoms with Crippen LogP contribution >= 0.6 is 0 Å². The normalized spacial score (nSPS) is 23.3. The minimum absolute atomic E-state index is 0.0546. The summed E-state index contributed by atoms with van der Waals surface area (Å²) in [6.45, 7) is 1.56. The molecule has 2 aliphatic rings. The van der Waals surface area contributed by atoms with E-state index in [1.165, 1.54) is 38.4 Å². The third-order valence-electron chi connectivity index (χ3n) is 4.76. The maximum atomic E-state index is 12.5. The number of nitrogens with zero attached hydrogens (tertiary/aromatic N) is 3. The van der Waals surface area contributed by atoms with E-state index in [-0.39, 0.29) is 6.10 Å². The number of piperidine rings is 1. The molecule has 5 nitrogen and oxygen atoms in total. The van der Waals surface area contributed by atoms with Crippen LogP contribution in [0.1, 0.15) is 51.4 Å². The van der Waals surface area contributed by atoms with Crippen molar-refractivity contribution < 1.29 is 9.53 Å². The zero-order valence-corrected chi connectivity index (χ0v) is 13.1. The number of carbonyl (C=O) groups is 1. The largest absolute Gasteiger partial charge is 0.472 e. The van der Waals surface area contributed by atoms with Gasteiger partial charge in [-0.05, 0) is 31.6 Å². The Morgan fingerprint density at radius 3 is 2.86 bits per heavy atom. The smallest absolute Gasteiger partial charge is 0.222 e. The van der Waals surface area contributed by atoms with Gasteiger partial charge in [0.2, 0.25) is 11.8 Å². The summed E-state index contributed by atoms with van der Waals surface area (Å²) in [5.41, 5.74) is 0. The van der Waals surface area contributed by atoms with Crippen LogP contribution in [-0.4, -0.2) is 40.0 Å². The van der Waals surface area contributed by atoms with E-state index >= 15 is 0 Å². The zero-order valence-electron chi connectivity index (χ0n) is 13.1. The minimum Gasteiger partial charge on any atom is -0.472 e. The summed E-state index contributed by atoms with van der Waals surface area (Å²) in [5, 5.41) is 0. The summed E-state index contributed by atoms with van der Waals surface area (Å²) < 4.78 is 5.88. The highest BCUT2D eigenvalue weighted by Gasteiger charge is 2.27. The standard InChI is InChI=1S/C17H25N3O2/c21-17(11-14-5-2-1-3-6-14)20-10-4-7-15(12-20)22-16-8-9-18-13-19-16/h8-9,13-15H,1-7,10-12H2. The maximum Gasteiger partial charge on any atom is 0.222 e. The number of hydrogen-bond donors (Lipinski definition) is 0. The third-order valence-corrected chi connectivity index (χ3v) is 4.76. The van der Waals surface area contributed by atoms with Gasteiger partial charge in [-0.15, -0.1) is 0 Å². The third kappa shape index (κ3) is 4.18. The van der Waals surface area contributed by atoms with Gasteiger partial charge >= 0.3 is 0 Å². The molecule has 2 fully saturated rings. The van der Waals surface area contributed by atoms with Crippen molar-refractivity contribution in [3.63, 3.8) is 0 Å². The van der Waals surface area contributed by atoms with E-state index in [0.29, 0.717) is 24.2 Å². The average molecular weight is 303 g/mol. The number of ether oxygens (including phenoxy) is 1. The number of hydrogen-bond acceptors (Lipinski definition) is 4. The Kier molecular flexibility index (Phi) is 5.24.